The Kier molecular flexibility index (Phi) is 4.86. The van der Waals surface area contributed by atoms with Crippen LogP contribution in [-0.4, -0.2) is 0 Å². The second-order valence-corrected chi connectivity index (χ2v) is 6.32. The first kappa shape index (κ1) is 15.1. The van der Waals surface area contributed by atoms with E-state index in [1.54, 1.807) is 11.1 Å². The van der Waals surface area contributed by atoms with Crippen LogP contribution in [-0.2, 0) is 0 Å². The van der Waals surface area contributed by atoms with E-state index in [0.717, 1.165) is 0 Å². The second-order valence-electron chi connectivity index (χ2n) is 6.32. The highest BCUT2D eigenvalue weighted by molar-refractivity contribution is 5.81. The molecule has 1 aliphatic carbocycles. The highest BCUT2D eigenvalue weighted by Gasteiger charge is 2.23. The van der Waals surface area contributed by atoms with E-state index in [1.165, 1.54) is 36.0 Å². The summed E-state index contributed by atoms with van der Waals surface area (Å²) in [6, 6.07) is 9.02. The third-order valence-electron chi connectivity index (χ3n) is 4.89. The monoisotopic (exact) mass is 268 g/mol. The highest BCUT2D eigenvalue weighted by atomic mass is 14.3. The summed E-state index contributed by atoms with van der Waals surface area (Å²) in [5.74, 6) is 1.39. The zero-order valence-corrected chi connectivity index (χ0v) is 13.7. The SMILES string of the molecule is CCC(C)C1=CC(c2ccc(C)cc2)=C(C(C)CC)C1. The van der Waals surface area contributed by atoms with Gasteiger partial charge in [-0.15, -0.1) is 0 Å². The van der Waals surface area contributed by atoms with Crippen molar-refractivity contribution in [3.8, 4) is 0 Å². The van der Waals surface area contributed by atoms with Gasteiger partial charge in [0.15, 0.2) is 0 Å². The van der Waals surface area contributed by atoms with Gasteiger partial charge in [-0.25, -0.2) is 0 Å². The van der Waals surface area contributed by atoms with Crippen molar-refractivity contribution in [2.45, 2.75) is 53.9 Å². The van der Waals surface area contributed by atoms with Gasteiger partial charge in [-0.05, 0) is 49.2 Å². The van der Waals surface area contributed by atoms with E-state index < -0.39 is 0 Å². The Labute approximate surface area is 124 Å². The predicted molar refractivity (Wildman–Crippen MR) is 89.7 cm³/mol. The molecule has 0 heterocycles. The van der Waals surface area contributed by atoms with Crippen LogP contribution in [0.5, 0.6) is 0 Å². The maximum absolute atomic E-state index is 2.47. The lowest BCUT2D eigenvalue weighted by atomic mass is 9.89. The van der Waals surface area contributed by atoms with E-state index >= 15 is 0 Å². The quantitative estimate of drug-likeness (QED) is 0.599. The molecule has 0 radical (unpaired) electrons. The van der Waals surface area contributed by atoms with Crippen LogP contribution in [0.3, 0.4) is 0 Å². The highest BCUT2D eigenvalue weighted by Crippen LogP contribution is 2.40. The topological polar surface area (TPSA) is 0 Å². The summed E-state index contributed by atoms with van der Waals surface area (Å²) < 4.78 is 0. The van der Waals surface area contributed by atoms with Crippen LogP contribution in [0.4, 0.5) is 0 Å². The van der Waals surface area contributed by atoms with Crippen molar-refractivity contribution in [3.05, 3.63) is 52.6 Å². The van der Waals surface area contributed by atoms with Crippen molar-refractivity contribution >= 4 is 5.57 Å². The van der Waals surface area contributed by atoms with Crippen molar-refractivity contribution in [2.24, 2.45) is 11.8 Å². The van der Waals surface area contributed by atoms with Gasteiger partial charge in [-0.1, -0.05) is 74.7 Å². The molecule has 0 aliphatic heterocycles. The number of allylic oxidation sites excluding steroid dienone is 4. The van der Waals surface area contributed by atoms with Crippen molar-refractivity contribution in [3.63, 3.8) is 0 Å². The molecule has 20 heavy (non-hydrogen) atoms. The summed E-state index contributed by atoms with van der Waals surface area (Å²) in [4.78, 5) is 0. The third kappa shape index (κ3) is 3.06. The van der Waals surface area contributed by atoms with Crippen molar-refractivity contribution < 1.29 is 0 Å². The van der Waals surface area contributed by atoms with Gasteiger partial charge >= 0.3 is 0 Å². The average Bonchev–Trinajstić information content (AvgIpc) is 2.91. The fourth-order valence-electron chi connectivity index (χ4n) is 2.91. The third-order valence-corrected chi connectivity index (χ3v) is 4.89. The molecule has 0 fully saturated rings. The molecule has 1 aromatic rings. The number of rotatable bonds is 5. The molecule has 0 spiro atoms. The molecule has 2 unspecified atom stereocenters. The molecule has 0 aromatic heterocycles. The maximum Gasteiger partial charge on any atom is -0.00905 e. The lowest BCUT2D eigenvalue weighted by Crippen LogP contribution is -2.01. The van der Waals surface area contributed by atoms with Crippen LogP contribution in [0.1, 0.15) is 58.1 Å². The van der Waals surface area contributed by atoms with Gasteiger partial charge in [0.05, 0.1) is 0 Å². The molecule has 0 heteroatoms. The first-order chi connectivity index (χ1) is 9.56. The van der Waals surface area contributed by atoms with E-state index in [4.69, 9.17) is 0 Å². The van der Waals surface area contributed by atoms with Gasteiger partial charge in [0, 0.05) is 0 Å². The normalized spacial score (nSPS) is 18.1. The first-order valence-corrected chi connectivity index (χ1v) is 8.07. The van der Waals surface area contributed by atoms with Crippen LogP contribution in [0, 0.1) is 18.8 Å². The van der Waals surface area contributed by atoms with Crippen LogP contribution >= 0.6 is 0 Å². The van der Waals surface area contributed by atoms with E-state index in [9.17, 15) is 0 Å². The molecular weight excluding hydrogens is 240 g/mol. The Hall–Kier alpha value is -1.30. The molecule has 0 saturated carbocycles. The van der Waals surface area contributed by atoms with E-state index in [-0.39, 0.29) is 0 Å². The molecule has 1 aliphatic rings. The molecule has 1 aromatic carbocycles. The smallest absolute Gasteiger partial charge is 0.00905 e. The Bertz CT molecular complexity index is 513. The number of hydrogen-bond donors (Lipinski definition) is 0. The zero-order chi connectivity index (χ0) is 14.7. The molecule has 0 amide bonds. The summed E-state index contributed by atoms with van der Waals surface area (Å²) >= 11 is 0. The minimum Gasteiger partial charge on any atom is -0.0648 e. The lowest BCUT2D eigenvalue weighted by molar-refractivity contribution is 0.604. The molecule has 0 nitrogen and oxygen atoms in total. The van der Waals surface area contributed by atoms with E-state index in [2.05, 4.69) is 65.0 Å². The molecule has 0 saturated heterocycles. The van der Waals surface area contributed by atoms with Gasteiger partial charge in [0.1, 0.15) is 0 Å². The van der Waals surface area contributed by atoms with Crippen LogP contribution < -0.4 is 0 Å². The molecule has 2 atom stereocenters. The average molecular weight is 268 g/mol. The molecule has 2 rings (SSSR count). The Morgan fingerprint density at radius 1 is 0.950 bits per heavy atom. The summed E-state index contributed by atoms with van der Waals surface area (Å²) in [7, 11) is 0. The first-order valence-electron chi connectivity index (χ1n) is 8.07. The van der Waals surface area contributed by atoms with Crippen molar-refractivity contribution in [1.29, 1.82) is 0 Å². The van der Waals surface area contributed by atoms with Gasteiger partial charge in [-0.3, -0.25) is 0 Å². The van der Waals surface area contributed by atoms with Crippen molar-refractivity contribution in [2.75, 3.05) is 0 Å². The summed E-state index contributed by atoms with van der Waals surface area (Å²) in [6.07, 6.45) is 6.13. The number of benzene rings is 1. The Morgan fingerprint density at radius 3 is 2.10 bits per heavy atom. The van der Waals surface area contributed by atoms with Gasteiger partial charge in [-0.2, -0.15) is 0 Å². The fourth-order valence-corrected chi connectivity index (χ4v) is 2.91. The van der Waals surface area contributed by atoms with Crippen molar-refractivity contribution in [1.82, 2.24) is 0 Å². The maximum atomic E-state index is 2.47. The van der Waals surface area contributed by atoms with Crippen LogP contribution in [0.15, 0.2) is 41.5 Å². The largest absolute Gasteiger partial charge is 0.0648 e. The predicted octanol–water partition coefficient (Wildman–Crippen LogP) is 6.17. The molecular formula is C20H28. The number of hydrogen-bond acceptors (Lipinski definition) is 0. The summed E-state index contributed by atoms with van der Waals surface area (Å²) in [6.45, 7) is 11.5. The fraction of sp³-hybridized carbons (Fsp3) is 0.500. The minimum absolute atomic E-state index is 0.684. The van der Waals surface area contributed by atoms with E-state index in [0.29, 0.717) is 11.8 Å². The standard InChI is InChI=1S/C20H28/c1-6-15(4)18-12-19(16(5)7-2)20(13-18)17-10-8-14(3)9-11-17/h8-11,13,15-16H,6-7,12H2,1-5H3. The van der Waals surface area contributed by atoms with Crippen LogP contribution in [0.25, 0.3) is 5.57 Å². The number of aryl methyl sites for hydroxylation is 1. The lowest BCUT2D eigenvalue weighted by Gasteiger charge is -2.16. The summed E-state index contributed by atoms with van der Waals surface area (Å²) in [5, 5.41) is 0. The van der Waals surface area contributed by atoms with Gasteiger partial charge < -0.3 is 0 Å². The zero-order valence-electron chi connectivity index (χ0n) is 13.7. The van der Waals surface area contributed by atoms with Gasteiger partial charge in [0.2, 0.25) is 0 Å². The molecule has 108 valence electrons. The van der Waals surface area contributed by atoms with E-state index in [1.807, 2.05) is 0 Å². The Morgan fingerprint density at radius 2 is 1.55 bits per heavy atom. The Balaban J connectivity index is 2.39. The summed E-state index contributed by atoms with van der Waals surface area (Å²) in [5.41, 5.74) is 7.49. The second kappa shape index (κ2) is 6.43. The molecule has 0 bridgehead atoms. The molecule has 0 N–H and O–H groups in total. The van der Waals surface area contributed by atoms with Gasteiger partial charge in [0.25, 0.3) is 0 Å². The minimum atomic E-state index is 0.684. The van der Waals surface area contributed by atoms with Crippen LogP contribution in [0.2, 0.25) is 0 Å².